The molecule has 0 fully saturated rings. The van der Waals surface area contributed by atoms with Gasteiger partial charge in [-0.2, -0.15) is 12.1 Å². The van der Waals surface area contributed by atoms with Crippen molar-refractivity contribution in [2.24, 2.45) is 0 Å². The minimum absolute atomic E-state index is 0. The van der Waals surface area contributed by atoms with Gasteiger partial charge >= 0.3 is 5.97 Å². The van der Waals surface area contributed by atoms with Crippen LogP contribution in [-0.4, -0.2) is 18.4 Å². The van der Waals surface area contributed by atoms with Crippen LogP contribution in [0.4, 0.5) is 8.78 Å². The Labute approximate surface area is 217 Å². The molecule has 0 N–H and O–H groups in total. The maximum atomic E-state index is 13.3. The maximum absolute atomic E-state index is 13.3. The minimum atomic E-state index is -0.634. The van der Waals surface area contributed by atoms with Gasteiger partial charge in [-0.15, -0.1) is 34.7 Å². The van der Waals surface area contributed by atoms with E-state index in [1.807, 2.05) is 22.6 Å². The fourth-order valence-electron chi connectivity index (χ4n) is 1.54. The molecule has 0 aliphatic rings. The smallest absolute Gasteiger partial charge is 0.313 e. The molecule has 0 spiro atoms. The van der Waals surface area contributed by atoms with Crippen LogP contribution >= 0.6 is 45.2 Å². The van der Waals surface area contributed by atoms with Crippen molar-refractivity contribution in [3.05, 3.63) is 66.8 Å². The molecule has 8 heteroatoms. The molecule has 0 aliphatic carbocycles. The number of hydrogen-bond donors (Lipinski definition) is 0. The molecule has 0 aliphatic heterocycles. The maximum Gasteiger partial charge on any atom is 0.313 e. The van der Waals surface area contributed by atoms with Crippen LogP contribution < -0.4 is 0 Å². The second kappa shape index (κ2) is 17.8. The van der Waals surface area contributed by atoms with E-state index in [-0.39, 0.29) is 50.7 Å². The number of benzene rings is 2. The second-order valence-electron chi connectivity index (χ2n) is 5.09. The van der Waals surface area contributed by atoms with E-state index in [1.54, 1.807) is 25.1 Å². The van der Waals surface area contributed by atoms with Crippen LogP contribution in [0.5, 0.6) is 0 Å². The molecule has 0 aromatic heterocycles. The Kier molecular flexibility index (Phi) is 19.2. The molecular formula is C20H21F2I2O3Y-. The van der Waals surface area contributed by atoms with Crippen molar-refractivity contribution in [2.45, 2.75) is 33.6 Å². The van der Waals surface area contributed by atoms with Gasteiger partial charge < -0.3 is 4.74 Å². The van der Waals surface area contributed by atoms with Crippen molar-refractivity contribution < 1.29 is 55.8 Å². The molecule has 3 nitrogen and oxygen atoms in total. The molecule has 0 heterocycles. The molecule has 2 aromatic rings. The average Bonchev–Trinajstić information content (AvgIpc) is 2.61. The number of Topliss-reactive ketones (excluding diaryl/α,β-unsaturated/α-hetero) is 1. The number of rotatable bonds is 4. The van der Waals surface area contributed by atoms with Crippen LogP contribution in [0.2, 0.25) is 0 Å². The first kappa shape index (κ1) is 30.2. The number of carbonyl (C=O) groups excluding carboxylic acids is 2. The molecule has 28 heavy (non-hydrogen) atoms. The fourth-order valence-corrected chi connectivity index (χ4v) is 2.36. The zero-order valence-corrected chi connectivity index (χ0v) is 23.1. The molecule has 0 amide bonds. The Hall–Kier alpha value is 0.00390. The van der Waals surface area contributed by atoms with Crippen LogP contribution in [0.3, 0.4) is 0 Å². The third-order valence-corrected chi connectivity index (χ3v) is 3.92. The van der Waals surface area contributed by atoms with Gasteiger partial charge in [0.15, 0.2) is 5.78 Å². The Bertz CT molecular complexity index is 705. The first-order valence-corrected chi connectivity index (χ1v) is 10.4. The Morgan fingerprint density at radius 1 is 1.04 bits per heavy atom. The van der Waals surface area contributed by atoms with E-state index in [0.29, 0.717) is 0 Å². The summed E-state index contributed by atoms with van der Waals surface area (Å²) in [7, 11) is 0. The summed E-state index contributed by atoms with van der Waals surface area (Å²) in [6.45, 7) is 6.11. The van der Waals surface area contributed by atoms with E-state index in [4.69, 9.17) is 0 Å². The van der Waals surface area contributed by atoms with Crippen molar-refractivity contribution in [2.75, 3.05) is 6.61 Å². The third kappa shape index (κ3) is 14.1. The molecule has 0 unspecified atom stereocenters. The molecule has 2 aromatic carbocycles. The van der Waals surface area contributed by atoms with Crippen molar-refractivity contribution >= 4 is 56.9 Å². The van der Waals surface area contributed by atoms with E-state index in [2.05, 4.69) is 47.2 Å². The van der Waals surface area contributed by atoms with Crippen LogP contribution in [0.15, 0.2) is 36.4 Å². The van der Waals surface area contributed by atoms with Gasteiger partial charge in [-0.1, -0.05) is 23.8 Å². The summed E-state index contributed by atoms with van der Waals surface area (Å²) in [5.41, 5.74) is -0.0695. The summed E-state index contributed by atoms with van der Waals surface area (Å²) in [5.74, 6) is -2.11. The molecule has 0 bridgehead atoms. The first-order chi connectivity index (χ1) is 12.7. The third-order valence-electron chi connectivity index (χ3n) is 2.58. The largest absolute Gasteiger partial charge is 0.466 e. The summed E-state index contributed by atoms with van der Waals surface area (Å²) < 4.78 is 31.7. The van der Waals surface area contributed by atoms with Gasteiger partial charge in [0.25, 0.3) is 0 Å². The number of halogens is 4. The minimum Gasteiger partial charge on any atom is -0.466 e. The molecule has 151 valence electrons. The van der Waals surface area contributed by atoms with Crippen molar-refractivity contribution in [3.8, 4) is 0 Å². The monoisotopic (exact) mass is 690 g/mol. The van der Waals surface area contributed by atoms with Crippen molar-refractivity contribution in [3.63, 3.8) is 0 Å². The summed E-state index contributed by atoms with van der Waals surface area (Å²) in [4.78, 5) is 22.6. The number of hydrogen-bond acceptors (Lipinski definition) is 3. The van der Waals surface area contributed by atoms with Crippen LogP contribution in [-0.2, 0) is 42.2 Å². The second-order valence-corrected chi connectivity index (χ2v) is 7.58. The molecule has 2 rings (SSSR count). The number of ketones is 1. The summed E-state index contributed by atoms with van der Waals surface area (Å²) in [6, 6.07) is 11.3. The van der Waals surface area contributed by atoms with Gasteiger partial charge in [-0.05, 0) is 47.7 Å². The zero-order valence-electron chi connectivity index (χ0n) is 15.9. The fraction of sp³-hybridized carbons (Fsp3) is 0.300. The summed E-state index contributed by atoms with van der Waals surface area (Å²) >= 11 is 4.07. The first-order valence-electron chi connectivity index (χ1n) is 8.21. The quantitative estimate of drug-likeness (QED) is 0.126. The van der Waals surface area contributed by atoms with Crippen LogP contribution in [0.25, 0.3) is 0 Å². The van der Waals surface area contributed by atoms with Crippen LogP contribution in [0, 0.1) is 24.8 Å². The Morgan fingerprint density at radius 2 is 1.61 bits per heavy atom. The van der Waals surface area contributed by atoms with E-state index < -0.39 is 24.0 Å². The van der Waals surface area contributed by atoms with Gasteiger partial charge in [0, 0.05) is 42.1 Å². The van der Waals surface area contributed by atoms with Crippen molar-refractivity contribution in [1.82, 2.24) is 0 Å². The van der Waals surface area contributed by atoms with Gasteiger partial charge in [-0.3, -0.25) is 9.59 Å². The number of carbonyl (C=O) groups is 2. The predicted octanol–water partition coefficient (Wildman–Crippen LogP) is 6.21. The van der Waals surface area contributed by atoms with E-state index >= 15 is 0 Å². The summed E-state index contributed by atoms with van der Waals surface area (Å²) in [6.07, 6.45) is 0.824. The van der Waals surface area contributed by atoms with Gasteiger partial charge in [0.1, 0.15) is 12.2 Å². The van der Waals surface area contributed by atoms with Gasteiger partial charge in [0.2, 0.25) is 0 Å². The average molecular weight is 690 g/mol. The van der Waals surface area contributed by atoms with Gasteiger partial charge in [0.05, 0.1) is 12.2 Å². The van der Waals surface area contributed by atoms with E-state index in [9.17, 15) is 18.4 Å². The predicted molar refractivity (Wildman–Crippen MR) is 119 cm³/mol. The number of ether oxygens (including phenoxy) is 1. The standard InChI is InChI=1S/C11H10FIO3.C6H3FI.C3H8.Y/c1-2-16-11(15)6-10(14)8-5-7(13)3-4-9(8)12;7-5-1-3-6(8)4-2-5;1-3-2;/h3-5H,2,6H2,1H3;1,3-4H;3H2,1-2H3;/q;-1;;. The topological polar surface area (TPSA) is 43.4 Å². The molecule has 0 saturated carbocycles. The SMILES string of the molecule is CCC.CCOC(=O)CC(=O)c1cc(I)ccc1F.Fc1[c-]cc(I)cc1.[Y]. The normalized spacial score (nSPS) is 8.96. The molecular weight excluding hydrogens is 669 g/mol. The molecule has 1 radical (unpaired) electrons. The molecule has 0 saturated heterocycles. The summed E-state index contributed by atoms with van der Waals surface area (Å²) in [5, 5.41) is 0. The van der Waals surface area contributed by atoms with E-state index in [1.165, 1.54) is 24.6 Å². The Morgan fingerprint density at radius 3 is 2.07 bits per heavy atom. The number of esters is 1. The van der Waals surface area contributed by atoms with E-state index in [0.717, 1.165) is 7.14 Å². The Balaban J connectivity index is 0. The van der Waals surface area contributed by atoms with Crippen LogP contribution in [0.1, 0.15) is 44.0 Å². The van der Waals surface area contributed by atoms with Gasteiger partial charge in [-0.25, -0.2) is 8.78 Å². The zero-order chi connectivity index (χ0) is 20.8. The van der Waals surface area contributed by atoms with Crippen molar-refractivity contribution in [1.29, 1.82) is 0 Å². The molecule has 0 atom stereocenters.